The van der Waals surface area contributed by atoms with Crippen LogP contribution in [0.2, 0.25) is 0 Å². The molecule has 7 nitrogen and oxygen atoms in total. The first kappa shape index (κ1) is 21.2. The summed E-state index contributed by atoms with van der Waals surface area (Å²) in [5, 5.41) is 6.85. The van der Waals surface area contributed by atoms with Gasteiger partial charge in [-0.05, 0) is 47.4 Å². The van der Waals surface area contributed by atoms with Crippen molar-refractivity contribution in [2.75, 3.05) is 11.9 Å². The zero-order valence-corrected chi connectivity index (χ0v) is 18.2. The number of hydrogen-bond donors (Lipinski definition) is 1. The lowest BCUT2D eigenvalue weighted by molar-refractivity contribution is -0.118. The molecule has 1 amide bonds. The maximum atomic E-state index is 12.5. The fraction of sp³-hybridized carbons (Fsp3) is 0.200. The molecule has 2 aromatic heterocycles. The second-order valence-electron chi connectivity index (χ2n) is 8.29. The average molecular weight is 428 g/mol. The summed E-state index contributed by atoms with van der Waals surface area (Å²) in [6, 6.07) is 20.5. The van der Waals surface area contributed by atoms with E-state index in [0.29, 0.717) is 34.4 Å². The van der Waals surface area contributed by atoms with Gasteiger partial charge in [-0.2, -0.15) is 4.98 Å². The molecule has 0 saturated heterocycles. The maximum Gasteiger partial charge on any atom is 0.262 e. The summed E-state index contributed by atoms with van der Waals surface area (Å²) in [6.07, 6.45) is 1.66. The largest absolute Gasteiger partial charge is 0.484 e. The molecule has 4 aromatic rings. The van der Waals surface area contributed by atoms with Gasteiger partial charge in [-0.3, -0.25) is 9.78 Å². The van der Waals surface area contributed by atoms with Gasteiger partial charge in [-0.1, -0.05) is 56.3 Å². The van der Waals surface area contributed by atoms with E-state index in [1.165, 1.54) is 5.56 Å². The zero-order chi connectivity index (χ0) is 22.6. The second-order valence-corrected chi connectivity index (χ2v) is 8.29. The van der Waals surface area contributed by atoms with Crippen molar-refractivity contribution in [2.24, 2.45) is 0 Å². The molecule has 32 heavy (non-hydrogen) atoms. The van der Waals surface area contributed by atoms with Crippen molar-refractivity contribution in [3.05, 3.63) is 78.5 Å². The van der Waals surface area contributed by atoms with E-state index < -0.39 is 0 Å². The Kier molecular flexibility index (Phi) is 5.98. The van der Waals surface area contributed by atoms with Gasteiger partial charge in [-0.25, -0.2) is 0 Å². The predicted octanol–water partition coefficient (Wildman–Crippen LogP) is 5.11. The summed E-state index contributed by atoms with van der Waals surface area (Å²) >= 11 is 0. The van der Waals surface area contributed by atoms with E-state index in [1.54, 1.807) is 24.4 Å². The number of carbonyl (C=O) groups is 1. The Morgan fingerprint density at radius 2 is 1.75 bits per heavy atom. The van der Waals surface area contributed by atoms with E-state index in [9.17, 15) is 4.79 Å². The Balaban J connectivity index is 1.43. The molecule has 4 rings (SSSR count). The van der Waals surface area contributed by atoms with Gasteiger partial charge in [0.15, 0.2) is 6.61 Å². The van der Waals surface area contributed by atoms with Crippen LogP contribution in [0.15, 0.2) is 77.4 Å². The lowest BCUT2D eigenvalue weighted by atomic mass is 9.87. The monoisotopic (exact) mass is 428 g/mol. The molecule has 0 atom stereocenters. The number of aromatic nitrogens is 3. The summed E-state index contributed by atoms with van der Waals surface area (Å²) in [6.45, 7) is 6.33. The molecule has 2 aromatic carbocycles. The van der Waals surface area contributed by atoms with Gasteiger partial charge in [0.25, 0.3) is 11.8 Å². The number of nitrogens with zero attached hydrogens (tertiary/aromatic N) is 3. The number of amides is 1. The number of rotatable bonds is 6. The number of hydrogen-bond acceptors (Lipinski definition) is 6. The van der Waals surface area contributed by atoms with Crippen molar-refractivity contribution in [1.82, 2.24) is 15.1 Å². The first-order valence-electron chi connectivity index (χ1n) is 10.3. The number of benzene rings is 2. The third-order valence-electron chi connectivity index (χ3n) is 4.84. The molecular formula is C25H24N4O3. The highest BCUT2D eigenvalue weighted by Crippen LogP contribution is 2.28. The summed E-state index contributed by atoms with van der Waals surface area (Å²) in [5.41, 5.74) is 3.04. The van der Waals surface area contributed by atoms with Crippen molar-refractivity contribution in [3.8, 4) is 28.7 Å². The van der Waals surface area contributed by atoms with Gasteiger partial charge in [0.2, 0.25) is 5.82 Å². The molecular weight excluding hydrogens is 404 g/mol. The van der Waals surface area contributed by atoms with Gasteiger partial charge in [0.1, 0.15) is 11.4 Å². The molecule has 0 saturated carbocycles. The van der Waals surface area contributed by atoms with Crippen molar-refractivity contribution in [2.45, 2.75) is 26.2 Å². The van der Waals surface area contributed by atoms with Crippen molar-refractivity contribution in [1.29, 1.82) is 0 Å². The molecule has 0 fully saturated rings. The quantitative estimate of drug-likeness (QED) is 0.459. The molecule has 162 valence electrons. The average Bonchev–Trinajstić information content (AvgIpc) is 3.28. The number of pyridine rings is 1. The number of carbonyl (C=O) groups excluding carboxylic acids is 1. The second kappa shape index (κ2) is 9.01. The van der Waals surface area contributed by atoms with Gasteiger partial charge in [0, 0.05) is 6.20 Å². The highest BCUT2D eigenvalue weighted by atomic mass is 16.5. The Labute approximate surface area is 186 Å². The van der Waals surface area contributed by atoms with Crippen LogP contribution in [0.5, 0.6) is 5.75 Å². The minimum Gasteiger partial charge on any atom is -0.484 e. The molecule has 1 N–H and O–H groups in total. The Bertz CT molecular complexity index is 1200. The van der Waals surface area contributed by atoms with Crippen LogP contribution >= 0.6 is 0 Å². The lowest BCUT2D eigenvalue weighted by Crippen LogP contribution is -2.20. The standard InChI is InChI=1S/C25H24N4O3/c1-25(2,3)17-11-13-18(14-12-17)31-16-22(30)27-20-9-5-4-8-19(20)24-28-23(29-32-24)21-10-6-7-15-26-21/h4-15H,16H2,1-3H3,(H,27,30). The Morgan fingerprint density at radius 1 is 1.00 bits per heavy atom. The normalized spacial score (nSPS) is 11.2. The molecule has 0 radical (unpaired) electrons. The number of anilines is 1. The van der Waals surface area contributed by atoms with Gasteiger partial charge in [0.05, 0.1) is 11.3 Å². The van der Waals surface area contributed by atoms with E-state index in [0.717, 1.165) is 0 Å². The first-order valence-corrected chi connectivity index (χ1v) is 10.3. The van der Waals surface area contributed by atoms with E-state index in [4.69, 9.17) is 9.26 Å². The van der Waals surface area contributed by atoms with E-state index in [1.807, 2.05) is 48.5 Å². The Morgan fingerprint density at radius 3 is 2.47 bits per heavy atom. The highest BCUT2D eigenvalue weighted by Gasteiger charge is 2.16. The van der Waals surface area contributed by atoms with Crippen LogP contribution in [-0.2, 0) is 10.2 Å². The third kappa shape index (κ3) is 5.00. The van der Waals surface area contributed by atoms with Crippen molar-refractivity contribution < 1.29 is 14.1 Å². The first-order chi connectivity index (χ1) is 15.4. The van der Waals surface area contributed by atoms with Gasteiger partial charge < -0.3 is 14.6 Å². The van der Waals surface area contributed by atoms with Gasteiger partial charge >= 0.3 is 0 Å². The fourth-order valence-electron chi connectivity index (χ4n) is 3.10. The predicted molar refractivity (Wildman–Crippen MR) is 122 cm³/mol. The van der Waals surface area contributed by atoms with Crippen LogP contribution in [0.4, 0.5) is 5.69 Å². The minimum absolute atomic E-state index is 0.0603. The Hall–Kier alpha value is -4.00. The third-order valence-corrected chi connectivity index (χ3v) is 4.84. The van der Waals surface area contributed by atoms with Crippen LogP contribution in [-0.4, -0.2) is 27.6 Å². The van der Waals surface area contributed by atoms with Gasteiger partial charge in [-0.15, -0.1) is 0 Å². The van der Waals surface area contributed by atoms with Crippen LogP contribution in [0.1, 0.15) is 26.3 Å². The van der Waals surface area contributed by atoms with Crippen LogP contribution in [0.25, 0.3) is 23.0 Å². The summed E-state index contributed by atoms with van der Waals surface area (Å²) in [7, 11) is 0. The highest BCUT2D eigenvalue weighted by molar-refractivity contribution is 5.95. The molecule has 0 aliphatic rings. The molecule has 0 unspecified atom stereocenters. The van der Waals surface area contributed by atoms with Crippen LogP contribution in [0.3, 0.4) is 0 Å². The van der Waals surface area contributed by atoms with Crippen LogP contribution in [0, 0.1) is 0 Å². The fourth-order valence-corrected chi connectivity index (χ4v) is 3.10. The topological polar surface area (TPSA) is 90.1 Å². The molecule has 7 heteroatoms. The zero-order valence-electron chi connectivity index (χ0n) is 18.2. The van der Waals surface area contributed by atoms with Crippen molar-refractivity contribution in [3.63, 3.8) is 0 Å². The van der Waals surface area contributed by atoms with E-state index in [2.05, 4.69) is 41.2 Å². The maximum absolute atomic E-state index is 12.5. The summed E-state index contributed by atoms with van der Waals surface area (Å²) in [5.74, 6) is 1.02. The molecule has 2 heterocycles. The summed E-state index contributed by atoms with van der Waals surface area (Å²) in [4.78, 5) is 21.2. The molecule has 0 aliphatic carbocycles. The molecule has 0 bridgehead atoms. The minimum atomic E-state index is -0.290. The van der Waals surface area contributed by atoms with Crippen LogP contribution < -0.4 is 10.1 Å². The molecule has 0 spiro atoms. The summed E-state index contributed by atoms with van der Waals surface area (Å²) < 4.78 is 11.1. The number of para-hydroxylation sites is 1. The van der Waals surface area contributed by atoms with E-state index >= 15 is 0 Å². The molecule has 0 aliphatic heterocycles. The number of nitrogens with one attached hydrogen (secondary N) is 1. The van der Waals surface area contributed by atoms with Crippen molar-refractivity contribution >= 4 is 11.6 Å². The smallest absolute Gasteiger partial charge is 0.262 e. The number of ether oxygens (including phenoxy) is 1. The lowest BCUT2D eigenvalue weighted by Gasteiger charge is -2.19. The SMILES string of the molecule is CC(C)(C)c1ccc(OCC(=O)Nc2ccccc2-c2nc(-c3ccccn3)no2)cc1. The van der Waals surface area contributed by atoms with E-state index in [-0.39, 0.29) is 17.9 Å².